The van der Waals surface area contributed by atoms with E-state index in [1.54, 1.807) is 4.68 Å². The minimum absolute atomic E-state index is 0.0751. The lowest BCUT2D eigenvalue weighted by Gasteiger charge is -2.43. The highest BCUT2D eigenvalue weighted by atomic mass is 32.2. The van der Waals surface area contributed by atoms with E-state index in [0.29, 0.717) is 26.2 Å². The molecule has 1 fully saturated rings. The molecule has 9 heteroatoms. The van der Waals surface area contributed by atoms with Crippen LogP contribution < -0.4 is 4.74 Å². The summed E-state index contributed by atoms with van der Waals surface area (Å²) in [5.74, 6) is 0.286. The smallest absolute Gasteiger partial charge is 0.250 e. The van der Waals surface area contributed by atoms with Crippen molar-refractivity contribution in [1.82, 2.24) is 19.0 Å². The van der Waals surface area contributed by atoms with Gasteiger partial charge in [0.05, 0.1) is 24.9 Å². The Morgan fingerprint density at radius 3 is 2.12 bits per heavy atom. The maximum Gasteiger partial charge on any atom is 0.250 e. The van der Waals surface area contributed by atoms with Gasteiger partial charge in [0.15, 0.2) is 4.90 Å². The first kappa shape index (κ1) is 21.1. The van der Waals surface area contributed by atoms with E-state index in [9.17, 15) is 13.5 Å². The number of aliphatic hydroxyl groups is 1. The highest BCUT2D eigenvalue weighted by Gasteiger charge is 2.38. The van der Waals surface area contributed by atoms with Crippen molar-refractivity contribution in [3.8, 4) is 5.88 Å². The molecule has 0 aliphatic carbocycles. The van der Waals surface area contributed by atoms with Crippen LogP contribution in [0.5, 0.6) is 5.88 Å². The van der Waals surface area contributed by atoms with E-state index in [1.165, 1.54) is 10.5 Å². The minimum Gasteiger partial charge on any atom is -0.475 e. The van der Waals surface area contributed by atoms with Gasteiger partial charge in [0, 0.05) is 26.2 Å². The van der Waals surface area contributed by atoms with Crippen LogP contribution in [0.1, 0.15) is 11.1 Å². The van der Waals surface area contributed by atoms with Crippen LogP contribution in [0.15, 0.2) is 71.8 Å². The SMILES string of the molecule is O=S(=O)(c1cnn2c1OCC(N1CC(O)C1)C2)N(Cc1ccccc1)Cc1ccccc1. The van der Waals surface area contributed by atoms with Crippen LogP contribution in [0, 0.1) is 0 Å². The Kier molecular flexibility index (Phi) is 5.73. The fourth-order valence-electron chi connectivity index (χ4n) is 4.18. The van der Waals surface area contributed by atoms with E-state index >= 15 is 0 Å². The van der Waals surface area contributed by atoms with Crippen molar-refractivity contribution in [2.75, 3.05) is 19.7 Å². The molecule has 0 spiro atoms. The summed E-state index contributed by atoms with van der Waals surface area (Å²) in [4.78, 5) is 2.21. The van der Waals surface area contributed by atoms with Gasteiger partial charge in [-0.15, -0.1) is 0 Å². The largest absolute Gasteiger partial charge is 0.475 e. The second kappa shape index (κ2) is 8.67. The number of aliphatic hydroxyl groups excluding tert-OH is 1. The van der Waals surface area contributed by atoms with Crippen molar-refractivity contribution in [2.24, 2.45) is 0 Å². The Labute approximate surface area is 187 Å². The van der Waals surface area contributed by atoms with Gasteiger partial charge >= 0.3 is 0 Å². The van der Waals surface area contributed by atoms with Gasteiger partial charge in [0.1, 0.15) is 6.61 Å². The van der Waals surface area contributed by atoms with Gasteiger partial charge in [-0.05, 0) is 11.1 Å². The molecule has 0 bridgehead atoms. The van der Waals surface area contributed by atoms with Crippen molar-refractivity contribution < 1.29 is 18.3 Å². The number of sulfonamides is 1. The normalized spacial score (nSPS) is 19.4. The molecule has 168 valence electrons. The van der Waals surface area contributed by atoms with Crippen molar-refractivity contribution in [1.29, 1.82) is 0 Å². The number of hydrogen-bond acceptors (Lipinski definition) is 6. The highest BCUT2D eigenvalue weighted by molar-refractivity contribution is 7.89. The first-order valence-corrected chi connectivity index (χ1v) is 12.1. The number of fused-ring (bicyclic) bond motifs is 1. The predicted molar refractivity (Wildman–Crippen MR) is 118 cm³/mol. The summed E-state index contributed by atoms with van der Waals surface area (Å²) < 4.78 is 36.5. The molecule has 0 saturated carbocycles. The molecule has 0 amide bonds. The van der Waals surface area contributed by atoms with Crippen LogP contribution in [-0.2, 0) is 29.7 Å². The molecule has 3 heterocycles. The van der Waals surface area contributed by atoms with Gasteiger partial charge in [0.25, 0.3) is 10.0 Å². The number of rotatable bonds is 7. The Bertz CT molecular complexity index is 1120. The number of benzene rings is 2. The lowest BCUT2D eigenvalue weighted by molar-refractivity contribution is -0.0487. The van der Waals surface area contributed by atoms with Gasteiger partial charge in [-0.2, -0.15) is 9.40 Å². The van der Waals surface area contributed by atoms with Gasteiger partial charge in [-0.3, -0.25) is 4.90 Å². The van der Waals surface area contributed by atoms with E-state index in [4.69, 9.17) is 4.74 Å². The van der Waals surface area contributed by atoms with Gasteiger partial charge in [-0.25, -0.2) is 13.1 Å². The molecular weight excluding hydrogens is 428 g/mol. The molecule has 1 atom stereocenters. The van der Waals surface area contributed by atoms with E-state index in [0.717, 1.165) is 11.1 Å². The number of aromatic nitrogens is 2. The summed E-state index contributed by atoms with van der Waals surface area (Å²) in [6.45, 7) is 2.62. The first-order valence-electron chi connectivity index (χ1n) is 10.7. The molecule has 8 nitrogen and oxygen atoms in total. The zero-order valence-electron chi connectivity index (χ0n) is 17.6. The summed E-state index contributed by atoms with van der Waals surface area (Å²) in [6, 6.07) is 19.2. The maximum atomic E-state index is 13.7. The van der Waals surface area contributed by atoms with Crippen LogP contribution in [0.4, 0.5) is 0 Å². The van der Waals surface area contributed by atoms with E-state index in [1.807, 2.05) is 60.7 Å². The molecule has 1 aromatic heterocycles. The summed E-state index contributed by atoms with van der Waals surface area (Å²) in [5.41, 5.74) is 1.82. The fourth-order valence-corrected chi connectivity index (χ4v) is 5.66. The Balaban J connectivity index is 1.42. The van der Waals surface area contributed by atoms with Gasteiger partial charge < -0.3 is 9.84 Å². The third-order valence-electron chi connectivity index (χ3n) is 5.98. The quantitative estimate of drug-likeness (QED) is 0.585. The van der Waals surface area contributed by atoms with E-state index in [-0.39, 0.29) is 36.0 Å². The Morgan fingerprint density at radius 1 is 0.969 bits per heavy atom. The second-order valence-electron chi connectivity index (χ2n) is 8.31. The molecule has 0 radical (unpaired) electrons. The summed E-state index contributed by atoms with van der Waals surface area (Å²) in [7, 11) is -3.86. The zero-order chi connectivity index (χ0) is 22.1. The molecule has 1 N–H and O–H groups in total. The molecule has 5 rings (SSSR count). The van der Waals surface area contributed by atoms with E-state index in [2.05, 4.69) is 10.00 Å². The average molecular weight is 455 g/mol. The van der Waals surface area contributed by atoms with Gasteiger partial charge in [-0.1, -0.05) is 60.7 Å². The molecule has 3 aromatic rings. The predicted octanol–water partition coefficient (Wildman–Crippen LogP) is 1.71. The first-order chi connectivity index (χ1) is 15.5. The molecule has 2 aromatic carbocycles. The molecule has 2 aliphatic rings. The summed E-state index contributed by atoms with van der Waals surface area (Å²) in [5, 5.41) is 13.9. The zero-order valence-corrected chi connectivity index (χ0v) is 18.4. The number of ether oxygens (including phenoxy) is 1. The molecular formula is C23H26N4O4S. The van der Waals surface area contributed by atoms with Crippen molar-refractivity contribution in [3.63, 3.8) is 0 Å². The topological polar surface area (TPSA) is 87.9 Å². The number of likely N-dealkylation sites (tertiary alicyclic amines) is 1. The Hall–Kier alpha value is -2.72. The molecule has 32 heavy (non-hydrogen) atoms. The van der Waals surface area contributed by atoms with Crippen LogP contribution in [0.2, 0.25) is 0 Å². The van der Waals surface area contributed by atoms with Crippen molar-refractivity contribution >= 4 is 10.0 Å². The third kappa shape index (κ3) is 4.16. The van der Waals surface area contributed by atoms with Gasteiger partial charge in [0.2, 0.25) is 5.88 Å². The highest BCUT2D eigenvalue weighted by Crippen LogP contribution is 2.32. The molecule has 2 aliphatic heterocycles. The average Bonchev–Trinajstić information content (AvgIpc) is 3.22. The van der Waals surface area contributed by atoms with Crippen LogP contribution in [0.3, 0.4) is 0 Å². The Morgan fingerprint density at radius 2 is 1.56 bits per heavy atom. The van der Waals surface area contributed by atoms with Crippen LogP contribution >= 0.6 is 0 Å². The third-order valence-corrected chi connectivity index (χ3v) is 7.76. The van der Waals surface area contributed by atoms with Crippen LogP contribution in [-0.4, -0.2) is 64.4 Å². The lowest BCUT2D eigenvalue weighted by Crippen LogP contribution is -2.59. The van der Waals surface area contributed by atoms with E-state index < -0.39 is 10.0 Å². The maximum absolute atomic E-state index is 13.7. The minimum atomic E-state index is -3.86. The number of β-amino-alcohol motifs (C(OH)–C–C–N with tert-alkyl or cyclic N) is 1. The fraction of sp³-hybridized carbons (Fsp3) is 0.348. The lowest BCUT2D eigenvalue weighted by atomic mass is 10.1. The summed E-state index contributed by atoms with van der Waals surface area (Å²) >= 11 is 0. The second-order valence-corrected chi connectivity index (χ2v) is 10.2. The number of hydrogen-bond donors (Lipinski definition) is 1. The summed E-state index contributed by atoms with van der Waals surface area (Å²) in [6.07, 6.45) is 1.09. The van der Waals surface area contributed by atoms with Crippen LogP contribution in [0.25, 0.3) is 0 Å². The molecule has 1 unspecified atom stereocenters. The monoisotopic (exact) mass is 454 g/mol. The van der Waals surface area contributed by atoms with Crippen molar-refractivity contribution in [2.45, 2.75) is 36.7 Å². The molecule has 1 saturated heterocycles. The standard InChI is InChI=1S/C23H26N4O4S/c28-21-15-25(16-21)20-14-27-23(31-17-20)22(11-24-27)32(29,30)26(12-18-7-3-1-4-8-18)13-19-9-5-2-6-10-19/h1-11,20-21,28H,12-17H2. The number of nitrogens with zero attached hydrogens (tertiary/aromatic N) is 4. The van der Waals surface area contributed by atoms with Crippen molar-refractivity contribution in [3.05, 3.63) is 78.0 Å².